The summed E-state index contributed by atoms with van der Waals surface area (Å²) in [5.74, 6) is 0.603. The van der Waals surface area contributed by atoms with Gasteiger partial charge in [0, 0.05) is 0 Å². The Balaban J connectivity index is 1.86. The van der Waals surface area contributed by atoms with Crippen LogP contribution in [-0.2, 0) is 18.8 Å². The van der Waals surface area contributed by atoms with Gasteiger partial charge >= 0.3 is 13.1 Å². The second-order valence-electron chi connectivity index (χ2n) is 8.83. The average Bonchev–Trinajstić information content (AvgIpc) is 2.53. The highest BCUT2D eigenvalue weighted by molar-refractivity contribution is 6.45. The SMILES string of the molecule is CC1CC(CCCB2OC(C)(C)C(C)(C)O2)(C(=O)OC(C)C)C1. The molecule has 2 rings (SSSR count). The van der Waals surface area contributed by atoms with E-state index in [1.807, 2.05) is 13.8 Å². The van der Waals surface area contributed by atoms with Crippen LogP contribution in [0, 0.1) is 11.3 Å². The minimum absolute atomic E-state index is 0.0143. The van der Waals surface area contributed by atoms with Crippen molar-refractivity contribution in [3.05, 3.63) is 0 Å². The van der Waals surface area contributed by atoms with Gasteiger partial charge in [0.05, 0.1) is 22.7 Å². The molecular formula is C18H33BO4. The Labute approximate surface area is 141 Å². The maximum atomic E-state index is 12.5. The van der Waals surface area contributed by atoms with Crippen molar-refractivity contribution in [2.75, 3.05) is 0 Å². The fourth-order valence-electron chi connectivity index (χ4n) is 3.78. The second-order valence-corrected chi connectivity index (χ2v) is 8.83. The van der Waals surface area contributed by atoms with Gasteiger partial charge in [-0.1, -0.05) is 13.3 Å². The number of carbonyl (C=O) groups excluding carboxylic acids is 1. The molecule has 1 heterocycles. The fraction of sp³-hybridized carbons (Fsp3) is 0.944. The molecule has 0 N–H and O–H groups in total. The van der Waals surface area contributed by atoms with Crippen molar-refractivity contribution in [2.45, 2.75) is 97.8 Å². The minimum Gasteiger partial charge on any atom is -0.463 e. The molecule has 0 aromatic carbocycles. The zero-order chi connectivity index (χ0) is 17.5. The van der Waals surface area contributed by atoms with E-state index in [2.05, 4.69) is 34.6 Å². The van der Waals surface area contributed by atoms with Crippen LogP contribution in [0.25, 0.3) is 0 Å². The van der Waals surface area contributed by atoms with Crippen molar-refractivity contribution in [3.63, 3.8) is 0 Å². The van der Waals surface area contributed by atoms with Gasteiger partial charge in [-0.3, -0.25) is 4.79 Å². The average molecular weight is 324 g/mol. The molecule has 1 saturated heterocycles. The van der Waals surface area contributed by atoms with Gasteiger partial charge in [0.25, 0.3) is 0 Å². The van der Waals surface area contributed by atoms with Gasteiger partial charge in [-0.25, -0.2) is 0 Å². The summed E-state index contributed by atoms with van der Waals surface area (Å²) in [4.78, 5) is 12.5. The van der Waals surface area contributed by atoms with E-state index in [-0.39, 0.29) is 35.8 Å². The molecule has 1 aliphatic carbocycles. The van der Waals surface area contributed by atoms with Crippen LogP contribution in [0.4, 0.5) is 0 Å². The Kier molecular flexibility index (Phi) is 5.23. The van der Waals surface area contributed by atoms with Gasteiger partial charge in [-0.05, 0) is 73.0 Å². The predicted molar refractivity (Wildman–Crippen MR) is 92.2 cm³/mol. The molecule has 0 aromatic rings. The van der Waals surface area contributed by atoms with Crippen LogP contribution in [0.15, 0.2) is 0 Å². The van der Waals surface area contributed by atoms with E-state index in [1.165, 1.54) is 0 Å². The monoisotopic (exact) mass is 324 g/mol. The Morgan fingerprint density at radius 2 is 1.70 bits per heavy atom. The highest BCUT2D eigenvalue weighted by atomic mass is 16.7. The first-order valence-corrected chi connectivity index (χ1v) is 9.04. The van der Waals surface area contributed by atoms with Crippen LogP contribution in [0.5, 0.6) is 0 Å². The first-order valence-electron chi connectivity index (χ1n) is 9.04. The van der Waals surface area contributed by atoms with Crippen molar-refractivity contribution in [1.29, 1.82) is 0 Å². The van der Waals surface area contributed by atoms with Crippen LogP contribution in [0.3, 0.4) is 0 Å². The normalized spacial score (nSPS) is 32.0. The maximum absolute atomic E-state index is 12.5. The van der Waals surface area contributed by atoms with E-state index in [9.17, 15) is 4.79 Å². The molecule has 0 aromatic heterocycles. The lowest BCUT2D eigenvalue weighted by atomic mass is 9.59. The summed E-state index contributed by atoms with van der Waals surface area (Å²) in [7, 11) is -0.171. The van der Waals surface area contributed by atoms with Crippen LogP contribution >= 0.6 is 0 Å². The van der Waals surface area contributed by atoms with Gasteiger partial charge in [0.1, 0.15) is 0 Å². The zero-order valence-corrected chi connectivity index (χ0v) is 15.9. The van der Waals surface area contributed by atoms with Crippen LogP contribution < -0.4 is 0 Å². The van der Waals surface area contributed by atoms with E-state index in [1.54, 1.807) is 0 Å². The summed E-state index contributed by atoms with van der Waals surface area (Å²) >= 11 is 0. The summed E-state index contributed by atoms with van der Waals surface area (Å²) in [5, 5.41) is 0. The molecule has 4 nitrogen and oxygen atoms in total. The molecule has 0 spiro atoms. The van der Waals surface area contributed by atoms with Crippen molar-refractivity contribution in [1.82, 2.24) is 0 Å². The van der Waals surface area contributed by atoms with Crippen molar-refractivity contribution < 1.29 is 18.8 Å². The number of rotatable bonds is 6. The molecule has 0 atom stereocenters. The molecule has 1 aliphatic heterocycles. The molecule has 132 valence electrons. The smallest absolute Gasteiger partial charge is 0.457 e. The lowest BCUT2D eigenvalue weighted by Gasteiger charge is -2.44. The molecule has 2 fully saturated rings. The summed E-state index contributed by atoms with van der Waals surface area (Å²) in [6.07, 6.45) is 4.48. The van der Waals surface area contributed by atoms with Gasteiger partial charge in [-0.2, -0.15) is 0 Å². The number of carbonyl (C=O) groups is 1. The lowest BCUT2D eigenvalue weighted by molar-refractivity contribution is -0.169. The van der Waals surface area contributed by atoms with Crippen molar-refractivity contribution in [3.8, 4) is 0 Å². The van der Waals surface area contributed by atoms with E-state index in [0.717, 1.165) is 32.0 Å². The first kappa shape index (κ1) is 18.8. The molecule has 0 radical (unpaired) electrons. The number of hydrogen-bond donors (Lipinski definition) is 0. The molecule has 2 aliphatic rings. The highest BCUT2D eigenvalue weighted by Crippen LogP contribution is 2.50. The number of esters is 1. The minimum atomic E-state index is -0.281. The fourth-order valence-corrected chi connectivity index (χ4v) is 3.78. The van der Waals surface area contributed by atoms with E-state index >= 15 is 0 Å². The standard InChI is InChI=1S/C18H33BO4/c1-13(2)21-15(20)18(11-14(3)12-18)9-8-10-19-22-16(4,5)17(6,7)23-19/h13-14H,8-12H2,1-7H3. The Morgan fingerprint density at radius 1 is 1.17 bits per heavy atom. The van der Waals surface area contributed by atoms with Crippen molar-refractivity contribution in [2.24, 2.45) is 11.3 Å². The molecule has 0 amide bonds. The van der Waals surface area contributed by atoms with Crippen LogP contribution in [0.2, 0.25) is 6.32 Å². The first-order chi connectivity index (χ1) is 10.5. The molecular weight excluding hydrogens is 291 g/mol. The third-order valence-corrected chi connectivity index (χ3v) is 5.65. The number of ether oxygens (including phenoxy) is 1. The quantitative estimate of drug-likeness (QED) is 0.542. The van der Waals surface area contributed by atoms with Gasteiger partial charge < -0.3 is 14.0 Å². The Bertz CT molecular complexity index is 422. The Morgan fingerprint density at radius 3 is 2.13 bits per heavy atom. The summed E-state index contributed by atoms with van der Waals surface area (Å²) in [6, 6.07) is 0. The molecule has 0 bridgehead atoms. The van der Waals surface area contributed by atoms with Gasteiger partial charge in [0.15, 0.2) is 0 Å². The largest absolute Gasteiger partial charge is 0.463 e. The third-order valence-electron chi connectivity index (χ3n) is 5.65. The number of hydrogen-bond acceptors (Lipinski definition) is 4. The van der Waals surface area contributed by atoms with E-state index < -0.39 is 0 Å². The lowest BCUT2D eigenvalue weighted by Crippen LogP contribution is -2.45. The van der Waals surface area contributed by atoms with E-state index in [0.29, 0.717) is 5.92 Å². The topological polar surface area (TPSA) is 44.8 Å². The molecule has 1 saturated carbocycles. The van der Waals surface area contributed by atoms with Crippen molar-refractivity contribution >= 4 is 13.1 Å². The Hall–Kier alpha value is -0.545. The van der Waals surface area contributed by atoms with Gasteiger partial charge in [-0.15, -0.1) is 0 Å². The molecule has 0 unspecified atom stereocenters. The summed E-state index contributed by atoms with van der Waals surface area (Å²) in [6.45, 7) is 14.3. The predicted octanol–water partition coefficient (Wildman–Crippen LogP) is 4.23. The molecule has 23 heavy (non-hydrogen) atoms. The van der Waals surface area contributed by atoms with Gasteiger partial charge in [0.2, 0.25) is 0 Å². The van der Waals surface area contributed by atoms with E-state index in [4.69, 9.17) is 14.0 Å². The van der Waals surface area contributed by atoms with Crippen LogP contribution in [0.1, 0.15) is 74.1 Å². The summed E-state index contributed by atoms with van der Waals surface area (Å²) in [5.41, 5.74) is -0.832. The third kappa shape index (κ3) is 3.93. The highest BCUT2D eigenvalue weighted by Gasteiger charge is 2.52. The second kappa shape index (κ2) is 6.40. The molecule has 5 heteroatoms. The zero-order valence-electron chi connectivity index (χ0n) is 15.9. The van der Waals surface area contributed by atoms with Crippen LogP contribution in [-0.4, -0.2) is 30.4 Å². The summed E-state index contributed by atoms with van der Waals surface area (Å²) < 4.78 is 17.6. The maximum Gasteiger partial charge on any atom is 0.457 e.